The predicted octanol–water partition coefficient (Wildman–Crippen LogP) is 2.75. The van der Waals surface area contributed by atoms with E-state index in [1.165, 1.54) is 6.07 Å². The molecule has 7 heteroatoms. The van der Waals surface area contributed by atoms with Crippen molar-refractivity contribution in [3.63, 3.8) is 0 Å². The van der Waals surface area contributed by atoms with Crippen LogP contribution in [0, 0.1) is 17.0 Å². The highest BCUT2D eigenvalue weighted by atomic mass is 16.6. The van der Waals surface area contributed by atoms with Crippen LogP contribution in [0.5, 0.6) is 0 Å². The van der Waals surface area contributed by atoms with E-state index in [9.17, 15) is 14.9 Å². The maximum absolute atomic E-state index is 10.9. The molecule has 1 aromatic heterocycles. The number of aryl methyl sites for hydroxylation is 1. The fourth-order valence-corrected chi connectivity index (χ4v) is 1.79. The van der Waals surface area contributed by atoms with Gasteiger partial charge in [0.25, 0.3) is 0 Å². The number of rotatable bonds is 9. The highest BCUT2D eigenvalue weighted by molar-refractivity contribution is 5.66. The van der Waals surface area contributed by atoms with Crippen molar-refractivity contribution < 1.29 is 14.8 Å². The second-order valence-corrected chi connectivity index (χ2v) is 4.62. The molecule has 0 bridgehead atoms. The molecule has 0 aromatic carbocycles. The van der Waals surface area contributed by atoms with Crippen LogP contribution in [0.3, 0.4) is 0 Å². The third kappa shape index (κ3) is 5.64. The lowest BCUT2D eigenvalue weighted by Crippen LogP contribution is -2.06. The van der Waals surface area contributed by atoms with Crippen LogP contribution in [0.15, 0.2) is 12.3 Å². The fourth-order valence-electron chi connectivity index (χ4n) is 1.79. The third-order valence-electron chi connectivity index (χ3n) is 2.81. The van der Waals surface area contributed by atoms with Gasteiger partial charge in [0.1, 0.15) is 0 Å². The minimum Gasteiger partial charge on any atom is -0.481 e. The van der Waals surface area contributed by atoms with Gasteiger partial charge in [-0.15, -0.1) is 0 Å². The van der Waals surface area contributed by atoms with Gasteiger partial charge in [0.05, 0.1) is 4.92 Å². The highest BCUT2D eigenvalue weighted by Gasteiger charge is 2.14. The zero-order valence-electron chi connectivity index (χ0n) is 11.5. The summed E-state index contributed by atoms with van der Waals surface area (Å²) < 4.78 is 0. The second kappa shape index (κ2) is 8.08. The Bertz CT molecular complexity index is 477. The molecule has 0 aliphatic carbocycles. The molecule has 0 saturated carbocycles. The SMILES string of the molecule is Cc1cnc(NCCCCCCC(=O)O)c([N+](=O)[O-])c1. The number of nitrogens with zero attached hydrogens (tertiary/aromatic N) is 2. The normalized spacial score (nSPS) is 10.2. The molecule has 0 aliphatic rings. The molecule has 0 aliphatic heterocycles. The van der Waals surface area contributed by atoms with E-state index >= 15 is 0 Å². The molecule has 0 unspecified atom stereocenters. The van der Waals surface area contributed by atoms with Gasteiger partial charge in [0.15, 0.2) is 0 Å². The number of carbonyl (C=O) groups is 1. The lowest BCUT2D eigenvalue weighted by atomic mass is 10.1. The molecule has 7 nitrogen and oxygen atoms in total. The molecule has 1 aromatic rings. The molecule has 1 heterocycles. The molecule has 20 heavy (non-hydrogen) atoms. The predicted molar refractivity (Wildman–Crippen MR) is 74.8 cm³/mol. The molecule has 110 valence electrons. The van der Waals surface area contributed by atoms with E-state index in [-0.39, 0.29) is 17.9 Å². The van der Waals surface area contributed by atoms with E-state index in [0.717, 1.165) is 24.8 Å². The number of hydrogen-bond donors (Lipinski definition) is 2. The van der Waals surface area contributed by atoms with E-state index in [2.05, 4.69) is 10.3 Å². The van der Waals surface area contributed by atoms with Crippen molar-refractivity contribution in [3.05, 3.63) is 27.9 Å². The van der Waals surface area contributed by atoms with E-state index in [1.807, 2.05) is 0 Å². The first-order valence-electron chi connectivity index (χ1n) is 6.57. The summed E-state index contributed by atoms with van der Waals surface area (Å²) in [6, 6.07) is 1.49. The third-order valence-corrected chi connectivity index (χ3v) is 2.81. The van der Waals surface area contributed by atoms with Gasteiger partial charge in [-0.05, 0) is 25.3 Å². The minimum absolute atomic E-state index is 0.0177. The number of carboxylic acid groups (broad SMARTS) is 1. The lowest BCUT2D eigenvalue weighted by Gasteiger charge is -2.06. The Morgan fingerprint density at radius 3 is 2.75 bits per heavy atom. The number of unbranched alkanes of at least 4 members (excludes halogenated alkanes) is 3. The molecular weight excluding hydrogens is 262 g/mol. The maximum atomic E-state index is 10.9. The fraction of sp³-hybridized carbons (Fsp3) is 0.538. The average Bonchev–Trinajstić information content (AvgIpc) is 2.38. The van der Waals surface area contributed by atoms with Gasteiger partial charge in [0.2, 0.25) is 5.82 Å². The summed E-state index contributed by atoms with van der Waals surface area (Å²) in [7, 11) is 0. The molecular formula is C13H19N3O4. The summed E-state index contributed by atoms with van der Waals surface area (Å²) in [5, 5.41) is 22.3. The monoisotopic (exact) mass is 281 g/mol. The van der Waals surface area contributed by atoms with Crippen molar-refractivity contribution in [2.45, 2.75) is 39.0 Å². The van der Waals surface area contributed by atoms with Crippen molar-refractivity contribution in [2.75, 3.05) is 11.9 Å². The zero-order chi connectivity index (χ0) is 15.0. The lowest BCUT2D eigenvalue weighted by molar-refractivity contribution is -0.384. The Hall–Kier alpha value is -2.18. The van der Waals surface area contributed by atoms with Crippen LogP contribution < -0.4 is 5.32 Å². The first kappa shape index (κ1) is 15.9. The summed E-state index contributed by atoms with van der Waals surface area (Å²) in [6.07, 6.45) is 5.00. The largest absolute Gasteiger partial charge is 0.481 e. The Morgan fingerprint density at radius 2 is 2.10 bits per heavy atom. The average molecular weight is 281 g/mol. The quantitative estimate of drug-likeness (QED) is 0.409. The van der Waals surface area contributed by atoms with E-state index in [4.69, 9.17) is 5.11 Å². The number of hydrogen-bond acceptors (Lipinski definition) is 5. The van der Waals surface area contributed by atoms with Gasteiger partial charge in [-0.25, -0.2) is 4.98 Å². The summed E-state index contributed by atoms with van der Waals surface area (Å²) in [5.74, 6) is -0.492. The first-order chi connectivity index (χ1) is 9.50. The summed E-state index contributed by atoms with van der Waals surface area (Å²) in [6.45, 7) is 2.34. The summed E-state index contributed by atoms with van der Waals surface area (Å²) in [5.41, 5.74) is 0.729. The van der Waals surface area contributed by atoms with E-state index in [1.54, 1.807) is 13.1 Å². The number of nitrogens with one attached hydrogen (secondary N) is 1. The molecule has 1 rings (SSSR count). The van der Waals surface area contributed by atoms with Crippen molar-refractivity contribution in [1.29, 1.82) is 0 Å². The standard InChI is InChI=1S/C13H19N3O4/c1-10-8-11(16(19)20)13(15-9-10)14-7-5-3-2-4-6-12(17)18/h8-9H,2-7H2,1H3,(H,14,15)(H,17,18). The van der Waals surface area contributed by atoms with Crippen molar-refractivity contribution in [2.24, 2.45) is 0 Å². The molecule has 0 radical (unpaired) electrons. The first-order valence-corrected chi connectivity index (χ1v) is 6.57. The topological polar surface area (TPSA) is 105 Å². The van der Waals surface area contributed by atoms with Crippen LogP contribution in [0.25, 0.3) is 0 Å². The molecule has 0 amide bonds. The van der Waals surface area contributed by atoms with Gasteiger partial charge in [0, 0.05) is 25.2 Å². The molecule has 2 N–H and O–H groups in total. The van der Waals surface area contributed by atoms with E-state index in [0.29, 0.717) is 13.0 Å². The van der Waals surface area contributed by atoms with Crippen molar-refractivity contribution >= 4 is 17.5 Å². The number of pyridine rings is 1. The van der Waals surface area contributed by atoms with Crippen LogP contribution in [0.1, 0.15) is 37.7 Å². The van der Waals surface area contributed by atoms with Crippen molar-refractivity contribution in [3.8, 4) is 0 Å². The van der Waals surface area contributed by atoms with Crippen LogP contribution in [-0.2, 0) is 4.79 Å². The van der Waals surface area contributed by atoms with Crippen LogP contribution in [-0.4, -0.2) is 27.5 Å². The minimum atomic E-state index is -0.775. The number of carboxylic acids is 1. The number of nitro groups is 1. The van der Waals surface area contributed by atoms with Gasteiger partial charge in [-0.1, -0.05) is 12.8 Å². The molecule has 0 saturated heterocycles. The summed E-state index contributed by atoms with van der Waals surface area (Å²) in [4.78, 5) is 24.8. The molecule has 0 atom stereocenters. The van der Waals surface area contributed by atoms with Gasteiger partial charge >= 0.3 is 11.7 Å². The molecule has 0 fully saturated rings. The summed E-state index contributed by atoms with van der Waals surface area (Å²) >= 11 is 0. The maximum Gasteiger partial charge on any atom is 0.311 e. The molecule has 0 spiro atoms. The van der Waals surface area contributed by atoms with Gasteiger partial charge < -0.3 is 10.4 Å². The Labute approximate surface area is 117 Å². The van der Waals surface area contributed by atoms with Crippen LogP contribution >= 0.6 is 0 Å². The second-order valence-electron chi connectivity index (χ2n) is 4.62. The van der Waals surface area contributed by atoms with Gasteiger partial charge in [-0.3, -0.25) is 14.9 Å². The smallest absolute Gasteiger partial charge is 0.311 e. The van der Waals surface area contributed by atoms with E-state index < -0.39 is 10.9 Å². The Balaban J connectivity index is 2.32. The number of aliphatic carboxylic acids is 1. The van der Waals surface area contributed by atoms with Gasteiger partial charge in [-0.2, -0.15) is 0 Å². The van der Waals surface area contributed by atoms with Crippen LogP contribution in [0.2, 0.25) is 0 Å². The number of aromatic nitrogens is 1. The van der Waals surface area contributed by atoms with Crippen LogP contribution in [0.4, 0.5) is 11.5 Å². The Morgan fingerprint density at radius 1 is 1.40 bits per heavy atom. The number of anilines is 1. The highest BCUT2D eigenvalue weighted by Crippen LogP contribution is 2.22. The zero-order valence-corrected chi connectivity index (χ0v) is 11.5. The Kier molecular flexibility index (Phi) is 6.42. The van der Waals surface area contributed by atoms with Crippen molar-refractivity contribution in [1.82, 2.24) is 4.98 Å².